The highest BCUT2D eigenvalue weighted by atomic mass is 32.2. The number of ether oxygens (including phenoxy) is 2. The van der Waals surface area contributed by atoms with Crippen molar-refractivity contribution in [1.29, 1.82) is 0 Å². The SMILES string of the molecule is COc1ccc(OCC(=O)Nc2nnc3n2CCCS3)cc1. The van der Waals surface area contributed by atoms with Crippen molar-refractivity contribution < 1.29 is 14.3 Å². The molecule has 7 nitrogen and oxygen atoms in total. The zero-order chi connectivity index (χ0) is 15.4. The van der Waals surface area contributed by atoms with E-state index in [-0.39, 0.29) is 12.5 Å². The number of nitrogens with zero attached hydrogens (tertiary/aromatic N) is 3. The smallest absolute Gasteiger partial charge is 0.264 e. The molecule has 0 bridgehead atoms. The number of carbonyl (C=O) groups excluding carboxylic acids is 1. The average molecular weight is 320 g/mol. The van der Waals surface area contributed by atoms with E-state index < -0.39 is 0 Å². The van der Waals surface area contributed by atoms with Crippen LogP contribution in [0.5, 0.6) is 11.5 Å². The molecule has 1 N–H and O–H groups in total. The van der Waals surface area contributed by atoms with Crippen molar-refractivity contribution in [2.24, 2.45) is 0 Å². The molecule has 3 rings (SSSR count). The molecule has 1 amide bonds. The molecule has 8 heteroatoms. The predicted octanol–water partition coefficient (Wildman–Crippen LogP) is 1.80. The fourth-order valence-electron chi connectivity index (χ4n) is 2.06. The van der Waals surface area contributed by atoms with Crippen LogP contribution in [0.15, 0.2) is 29.4 Å². The first-order valence-electron chi connectivity index (χ1n) is 6.89. The Morgan fingerprint density at radius 2 is 2.09 bits per heavy atom. The first-order chi connectivity index (χ1) is 10.8. The van der Waals surface area contributed by atoms with Crippen molar-refractivity contribution >= 4 is 23.6 Å². The summed E-state index contributed by atoms with van der Waals surface area (Å²) < 4.78 is 12.4. The number of carbonyl (C=O) groups is 1. The number of thioether (sulfide) groups is 1. The maximum Gasteiger partial charge on any atom is 0.264 e. The van der Waals surface area contributed by atoms with Crippen molar-refractivity contribution in [3.05, 3.63) is 24.3 Å². The van der Waals surface area contributed by atoms with E-state index in [4.69, 9.17) is 9.47 Å². The van der Waals surface area contributed by atoms with Crippen LogP contribution in [0.25, 0.3) is 0 Å². The standard InChI is InChI=1S/C14H16N4O3S/c1-20-10-3-5-11(6-4-10)21-9-12(19)15-13-16-17-14-18(13)7-2-8-22-14/h3-6H,2,7-9H2,1H3,(H,15,16,19). The normalized spacial score (nSPS) is 13.3. The van der Waals surface area contributed by atoms with Gasteiger partial charge in [-0.2, -0.15) is 0 Å². The molecule has 0 saturated carbocycles. The van der Waals surface area contributed by atoms with Gasteiger partial charge < -0.3 is 9.47 Å². The van der Waals surface area contributed by atoms with Crippen LogP contribution in [-0.2, 0) is 11.3 Å². The van der Waals surface area contributed by atoms with E-state index >= 15 is 0 Å². The maximum absolute atomic E-state index is 11.9. The van der Waals surface area contributed by atoms with Gasteiger partial charge in [0.2, 0.25) is 5.95 Å². The van der Waals surface area contributed by atoms with Crippen LogP contribution in [0.3, 0.4) is 0 Å². The number of hydrogen-bond donors (Lipinski definition) is 1. The molecule has 0 radical (unpaired) electrons. The van der Waals surface area contributed by atoms with Gasteiger partial charge in [0, 0.05) is 12.3 Å². The molecule has 22 heavy (non-hydrogen) atoms. The first kappa shape index (κ1) is 14.7. The summed E-state index contributed by atoms with van der Waals surface area (Å²) >= 11 is 1.65. The van der Waals surface area contributed by atoms with Crippen LogP contribution < -0.4 is 14.8 Å². The molecule has 0 unspecified atom stereocenters. The summed E-state index contributed by atoms with van der Waals surface area (Å²) in [5.74, 6) is 2.60. The summed E-state index contributed by atoms with van der Waals surface area (Å²) in [4.78, 5) is 11.9. The number of hydrogen-bond acceptors (Lipinski definition) is 6. The second kappa shape index (κ2) is 6.69. The molecule has 1 aliphatic heterocycles. The van der Waals surface area contributed by atoms with E-state index in [2.05, 4.69) is 15.5 Å². The Bertz CT molecular complexity index is 657. The van der Waals surface area contributed by atoms with Crippen molar-refractivity contribution in [3.63, 3.8) is 0 Å². The summed E-state index contributed by atoms with van der Waals surface area (Å²) in [6.45, 7) is 0.742. The lowest BCUT2D eigenvalue weighted by Gasteiger charge is -2.14. The van der Waals surface area contributed by atoms with Crippen LogP contribution in [0.1, 0.15) is 6.42 Å². The van der Waals surface area contributed by atoms with Crippen molar-refractivity contribution in [2.45, 2.75) is 18.1 Å². The third kappa shape index (κ3) is 3.33. The second-order valence-electron chi connectivity index (χ2n) is 4.67. The van der Waals surface area contributed by atoms with Gasteiger partial charge in [-0.15, -0.1) is 10.2 Å². The molecule has 2 aromatic rings. The van der Waals surface area contributed by atoms with Gasteiger partial charge in [-0.05, 0) is 30.7 Å². The summed E-state index contributed by atoms with van der Waals surface area (Å²) in [7, 11) is 1.60. The van der Waals surface area contributed by atoms with E-state index in [1.165, 1.54) is 0 Å². The Hall–Kier alpha value is -2.22. The zero-order valence-corrected chi connectivity index (χ0v) is 12.9. The number of methoxy groups -OCH3 is 1. The Kier molecular flexibility index (Phi) is 4.47. The van der Waals surface area contributed by atoms with E-state index in [9.17, 15) is 4.79 Å². The molecule has 1 aromatic heterocycles. The van der Waals surface area contributed by atoms with E-state index in [1.54, 1.807) is 43.1 Å². The molecule has 1 aliphatic rings. The second-order valence-corrected chi connectivity index (χ2v) is 5.73. The number of fused-ring (bicyclic) bond motifs is 1. The predicted molar refractivity (Wildman–Crippen MR) is 82.5 cm³/mol. The summed E-state index contributed by atoms with van der Waals surface area (Å²) in [5, 5.41) is 11.6. The van der Waals surface area contributed by atoms with Gasteiger partial charge in [-0.3, -0.25) is 14.7 Å². The molecule has 1 aromatic carbocycles. The topological polar surface area (TPSA) is 78.3 Å². The van der Waals surface area contributed by atoms with E-state index in [0.717, 1.165) is 29.6 Å². The zero-order valence-electron chi connectivity index (χ0n) is 12.1. The van der Waals surface area contributed by atoms with Gasteiger partial charge in [-0.1, -0.05) is 11.8 Å². The fraction of sp³-hybridized carbons (Fsp3) is 0.357. The molecule has 0 saturated heterocycles. The molecule has 0 spiro atoms. The summed E-state index contributed by atoms with van der Waals surface area (Å²) in [6.07, 6.45) is 1.04. The summed E-state index contributed by atoms with van der Waals surface area (Å²) in [5.41, 5.74) is 0. The lowest BCUT2D eigenvalue weighted by molar-refractivity contribution is -0.118. The van der Waals surface area contributed by atoms with Crippen molar-refractivity contribution in [1.82, 2.24) is 14.8 Å². The molecule has 0 atom stereocenters. The quantitative estimate of drug-likeness (QED) is 0.905. The van der Waals surface area contributed by atoms with Crippen LogP contribution in [-0.4, -0.2) is 40.1 Å². The van der Waals surface area contributed by atoms with Crippen LogP contribution in [0.4, 0.5) is 5.95 Å². The largest absolute Gasteiger partial charge is 0.497 e. The minimum Gasteiger partial charge on any atom is -0.497 e. The van der Waals surface area contributed by atoms with E-state index in [1.807, 2.05) is 4.57 Å². The highest BCUT2D eigenvalue weighted by Gasteiger charge is 2.17. The van der Waals surface area contributed by atoms with Gasteiger partial charge in [0.1, 0.15) is 11.5 Å². The van der Waals surface area contributed by atoms with E-state index in [0.29, 0.717) is 11.7 Å². The summed E-state index contributed by atoms with van der Waals surface area (Å²) in [6, 6.07) is 7.06. The highest BCUT2D eigenvalue weighted by molar-refractivity contribution is 7.99. The third-order valence-corrected chi connectivity index (χ3v) is 4.21. The Morgan fingerprint density at radius 1 is 1.32 bits per heavy atom. The lowest BCUT2D eigenvalue weighted by atomic mass is 10.3. The van der Waals surface area contributed by atoms with Crippen molar-refractivity contribution in [3.8, 4) is 11.5 Å². The molecule has 2 heterocycles. The number of anilines is 1. The monoisotopic (exact) mass is 320 g/mol. The average Bonchev–Trinajstić information content (AvgIpc) is 2.97. The fourth-order valence-corrected chi connectivity index (χ4v) is 2.95. The molecule has 0 aliphatic carbocycles. The molecule has 0 fully saturated rings. The molecular weight excluding hydrogens is 304 g/mol. The number of amides is 1. The Balaban J connectivity index is 1.55. The third-order valence-electron chi connectivity index (χ3n) is 3.15. The Labute approximate surface area is 132 Å². The van der Waals surface area contributed by atoms with Crippen LogP contribution in [0.2, 0.25) is 0 Å². The van der Waals surface area contributed by atoms with Gasteiger partial charge in [0.05, 0.1) is 7.11 Å². The van der Waals surface area contributed by atoms with Crippen LogP contribution in [0, 0.1) is 0 Å². The van der Waals surface area contributed by atoms with Gasteiger partial charge in [-0.25, -0.2) is 0 Å². The number of rotatable bonds is 5. The highest BCUT2D eigenvalue weighted by Crippen LogP contribution is 2.25. The molecular formula is C14H16N4O3S. The van der Waals surface area contributed by atoms with Crippen molar-refractivity contribution in [2.75, 3.05) is 24.8 Å². The minimum absolute atomic E-state index is 0.0817. The van der Waals surface area contributed by atoms with Gasteiger partial charge >= 0.3 is 0 Å². The number of aromatic nitrogens is 3. The molecule has 116 valence electrons. The van der Waals surface area contributed by atoms with Gasteiger partial charge in [0.15, 0.2) is 11.8 Å². The lowest BCUT2D eigenvalue weighted by Crippen LogP contribution is -2.23. The maximum atomic E-state index is 11.9. The number of benzene rings is 1. The van der Waals surface area contributed by atoms with Crippen LogP contribution >= 0.6 is 11.8 Å². The first-order valence-corrected chi connectivity index (χ1v) is 7.87. The number of nitrogens with one attached hydrogen (secondary N) is 1. The minimum atomic E-state index is -0.262. The van der Waals surface area contributed by atoms with Gasteiger partial charge in [0.25, 0.3) is 5.91 Å². The Morgan fingerprint density at radius 3 is 2.86 bits per heavy atom.